The predicted octanol–water partition coefficient (Wildman–Crippen LogP) is 3.13. The molecule has 0 aliphatic carbocycles. The minimum atomic E-state index is 0. The lowest BCUT2D eigenvalue weighted by molar-refractivity contribution is 0.364. The summed E-state index contributed by atoms with van der Waals surface area (Å²) >= 11 is 6.13. The highest BCUT2D eigenvalue weighted by Gasteiger charge is 2.13. The molecule has 0 aliphatic rings. The number of benzene rings is 1. The van der Waals surface area contributed by atoms with Gasteiger partial charge in [0, 0.05) is 12.1 Å². The minimum absolute atomic E-state index is 0. The van der Waals surface area contributed by atoms with E-state index in [9.17, 15) is 0 Å². The van der Waals surface area contributed by atoms with Gasteiger partial charge in [-0.15, -0.1) is 12.4 Å². The van der Waals surface area contributed by atoms with Gasteiger partial charge in [0.25, 0.3) is 0 Å². The SMILES string of the molecule is Cc1nn(Cc2nc(-c3ccc(CN)cc3)no2)c(C)c1Cl.Cl. The molecule has 0 saturated carbocycles. The molecule has 0 spiro atoms. The molecule has 2 heterocycles. The van der Waals surface area contributed by atoms with Gasteiger partial charge in [0.05, 0.1) is 16.4 Å². The average molecular weight is 354 g/mol. The van der Waals surface area contributed by atoms with Crippen LogP contribution in [0, 0.1) is 13.8 Å². The monoisotopic (exact) mass is 353 g/mol. The van der Waals surface area contributed by atoms with Crippen molar-refractivity contribution in [1.29, 1.82) is 0 Å². The van der Waals surface area contributed by atoms with Gasteiger partial charge in [0.15, 0.2) is 0 Å². The number of rotatable bonds is 4. The van der Waals surface area contributed by atoms with E-state index >= 15 is 0 Å². The zero-order valence-corrected chi connectivity index (χ0v) is 14.4. The quantitative estimate of drug-likeness (QED) is 0.778. The molecule has 122 valence electrons. The van der Waals surface area contributed by atoms with Gasteiger partial charge in [-0.1, -0.05) is 41.0 Å². The molecule has 23 heavy (non-hydrogen) atoms. The first-order valence-corrected chi connectivity index (χ1v) is 7.27. The number of hydrogen-bond acceptors (Lipinski definition) is 5. The topological polar surface area (TPSA) is 82.8 Å². The van der Waals surface area contributed by atoms with E-state index in [1.165, 1.54) is 0 Å². The van der Waals surface area contributed by atoms with E-state index < -0.39 is 0 Å². The lowest BCUT2D eigenvalue weighted by atomic mass is 10.1. The van der Waals surface area contributed by atoms with Gasteiger partial charge in [-0.2, -0.15) is 10.1 Å². The first-order chi connectivity index (χ1) is 10.6. The third-order valence-corrected chi connectivity index (χ3v) is 4.04. The predicted molar refractivity (Wildman–Crippen MR) is 90.7 cm³/mol. The number of nitrogens with zero attached hydrogens (tertiary/aromatic N) is 4. The molecule has 0 amide bonds. The summed E-state index contributed by atoms with van der Waals surface area (Å²) in [5.74, 6) is 1.03. The summed E-state index contributed by atoms with van der Waals surface area (Å²) < 4.78 is 7.05. The highest BCUT2D eigenvalue weighted by Crippen LogP contribution is 2.21. The summed E-state index contributed by atoms with van der Waals surface area (Å²) in [5.41, 5.74) is 9.20. The summed E-state index contributed by atoms with van der Waals surface area (Å²) in [6, 6.07) is 7.76. The fraction of sp³-hybridized carbons (Fsp3) is 0.267. The summed E-state index contributed by atoms with van der Waals surface area (Å²) in [6.45, 7) is 4.68. The van der Waals surface area contributed by atoms with Crippen LogP contribution in [0.1, 0.15) is 22.8 Å². The molecular weight excluding hydrogens is 337 g/mol. The second kappa shape index (κ2) is 7.12. The van der Waals surface area contributed by atoms with Gasteiger partial charge in [0.1, 0.15) is 6.54 Å². The van der Waals surface area contributed by atoms with E-state index in [0.717, 1.165) is 22.5 Å². The molecule has 6 nitrogen and oxygen atoms in total. The molecule has 8 heteroatoms. The number of aromatic nitrogens is 4. The molecule has 3 rings (SSSR count). The molecule has 0 radical (unpaired) electrons. The Morgan fingerprint density at radius 2 is 1.91 bits per heavy atom. The fourth-order valence-electron chi connectivity index (χ4n) is 2.18. The summed E-state index contributed by atoms with van der Waals surface area (Å²) in [4.78, 5) is 4.40. The van der Waals surface area contributed by atoms with Crippen LogP contribution in [0.5, 0.6) is 0 Å². The van der Waals surface area contributed by atoms with Crippen LogP contribution in [0.2, 0.25) is 5.02 Å². The third kappa shape index (κ3) is 3.55. The van der Waals surface area contributed by atoms with Crippen LogP contribution in [0.25, 0.3) is 11.4 Å². The maximum atomic E-state index is 6.13. The largest absolute Gasteiger partial charge is 0.337 e. The molecule has 3 aromatic rings. The van der Waals surface area contributed by atoms with E-state index in [-0.39, 0.29) is 12.4 Å². The van der Waals surface area contributed by atoms with Gasteiger partial charge in [0.2, 0.25) is 11.7 Å². The highest BCUT2D eigenvalue weighted by atomic mass is 35.5. The smallest absolute Gasteiger partial charge is 0.248 e. The van der Waals surface area contributed by atoms with Crippen LogP contribution in [0.4, 0.5) is 0 Å². The molecule has 2 N–H and O–H groups in total. The van der Waals surface area contributed by atoms with Gasteiger partial charge in [-0.05, 0) is 19.4 Å². The van der Waals surface area contributed by atoms with Crippen LogP contribution < -0.4 is 5.73 Å². The summed E-state index contributed by atoms with van der Waals surface area (Å²) in [6.07, 6.45) is 0. The van der Waals surface area contributed by atoms with Gasteiger partial charge >= 0.3 is 0 Å². The molecule has 0 bridgehead atoms. The Balaban J connectivity index is 0.00000192. The van der Waals surface area contributed by atoms with Crippen molar-refractivity contribution >= 4 is 24.0 Å². The Bertz CT molecular complexity index is 795. The van der Waals surface area contributed by atoms with Gasteiger partial charge in [-0.25, -0.2) is 0 Å². The van der Waals surface area contributed by atoms with Gasteiger partial charge in [-0.3, -0.25) is 4.68 Å². The lowest BCUT2D eigenvalue weighted by Gasteiger charge is -1.99. The third-order valence-electron chi connectivity index (χ3n) is 3.49. The van der Waals surface area contributed by atoms with E-state index in [1.807, 2.05) is 38.1 Å². The van der Waals surface area contributed by atoms with Crippen LogP contribution >= 0.6 is 24.0 Å². The summed E-state index contributed by atoms with van der Waals surface area (Å²) in [7, 11) is 0. The fourth-order valence-corrected chi connectivity index (χ4v) is 2.32. The van der Waals surface area contributed by atoms with E-state index in [0.29, 0.717) is 29.8 Å². The summed E-state index contributed by atoms with van der Waals surface area (Å²) in [5, 5.41) is 9.02. The van der Waals surface area contributed by atoms with Crippen molar-refractivity contribution in [3.8, 4) is 11.4 Å². The van der Waals surface area contributed by atoms with E-state index in [2.05, 4.69) is 15.2 Å². The van der Waals surface area contributed by atoms with Crippen LogP contribution in [0.15, 0.2) is 28.8 Å². The standard InChI is InChI=1S/C15H16ClN5O.ClH/c1-9-14(16)10(2)21(19-9)8-13-18-15(20-22-13)12-5-3-11(7-17)4-6-12;/h3-6H,7-8,17H2,1-2H3;1H. The molecule has 1 aromatic carbocycles. The van der Waals surface area contributed by atoms with Crippen LogP contribution in [0.3, 0.4) is 0 Å². The molecule has 0 fully saturated rings. The van der Waals surface area contributed by atoms with E-state index in [1.54, 1.807) is 4.68 Å². The minimum Gasteiger partial charge on any atom is -0.337 e. The zero-order valence-electron chi connectivity index (χ0n) is 12.8. The van der Waals surface area contributed by atoms with Crippen molar-refractivity contribution < 1.29 is 4.52 Å². The maximum absolute atomic E-state index is 6.13. The Kier molecular flexibility index (Phi) is 5.41. The average Bonchev–Trinajstić information content (AvgIpc) is 3.09. The van der Waals surface area contributed by atoms with Crippen LogP contribution in [-0.2, 0) is 13.1 Å². The molecule has 0 aliphatic heterocycles. The van der Waals surface area contributed by atoms with E-state index in [4.69, 9.17) is 21.9 Å². The highest BCUT2D eigenvalue weighted by molar-refractivity contribution is 6.31. The second-order valence-corrected chi connectivity index (χ2v) is 5.43. The first kappa shape index (κ1) is 17.5. The molecule has 0 saturated heterocycles. The van der Waals surface area contributed by atoms with Gasteiger partial charge < -0.3 is 10.3 Å². The number of hydrogen-bond donors (Lipinski definition) is 1. The maximum Gasteiger partial charge on any atom is 0.248 e. The van der Waals surface area contributed by atoms with Crippen molar-refractivity contribution in [1.82, 2.24) is 19.9 Å². The molecule has 2 aromatic heterocycles. The normalized spacial score (nSPS) is 10.6. The van der Waals surface area contributed by atoms with Crippen molar-refractivity contribution in [3.05, 3.63) is 52.1 Å². The first-order valence-electron chi connectivity index (χ1n) is 6.90. The Morgan fingerprint density at radius 1 is 1.22 bits per heavy atom. The lowest BCUT2D eigenvalue weighted by Crippen LogP contribution is -2.04. The zero-order chi connectivity index (χ0) is 15.7. The van der Waals surface area contributed by atoms with Crippen molar-refractivity contribution in [2.45, 2.75) is 26.9 Å². The Labute approximate surface area is 145 Å². The molecule has 0 atom stereocenters. The van der Waals surface area contributed by atoms with Crippen molar-refractivity contribution in [2.75, 3.05) is 0 Å². The van der Waals surface area contributed by atoms with Crippen molar-refractivity contribution in [2.24, 2.45) is 5.73 Å². The number of aryl methyl sites for hydroxylation is 1. The second-order valence-electron chi connectivity index (χ2n) is 5.06. The Morgan fingerprint density at radius 3 is 2.48 bits per heavy atom. The van der Waals surface area contributed by atoms with Crippen LogP contribution in [-0.4, -0.2) is 19.9 Å². The molecular formula is C15H17Cl2N5O. The Hall–Kier alpha value is -1.89. The number of nitrogens with two attached hydrogens (primary N) is 1. The van der Waals surface area contributed by atoms with Crippen molar-refractivity contribution in [3.63, 3.8) is 0 Å². The molecule has 0 unspecified atom stereocenters. The number of halogens is 2.